The van der Waals surface area contributed by atoms with Crippen molar-refractivity contribution in [1.29, 1.82) is 0 Å². The lowest BCUT2D eigenvalue weighted by Gasteiger charge is -2.32. The molecule has 0 unspecified atom stereocenters. The van der Waals surface area contributed by atoms with Gasteiger partial charge in [-0.1, -0.05) is 54.2 Å². The summed E-state index contributed by atoms with van der Waals surface area (Å²) in [5.74, 6) is 0.799. The zero-order valence-electron chi connectivity index (χ0n) is 19.8. The third-order valence-corrected chi connectivity index (χ3v) is 10.1. The van der Waals surface area contributed by atoms with Gasteiger partial charge in [0.05, 0.1) is 16.2 Å². The van der Waals surface area contributed by atoms with Crippen molar-refractivity contribution >= 4 is 81.4 Å². The van der Waals surface area contributed by atoms with Crippen LogP contribution < -0.4 is 5.46 Å². The first-order chi connectivity index (χ1) is 15.8. The fraction of sp³-hybridized carbons (Fsp3) is 0.500. The Labute approximate surface area is 235 Å². The minimum atomic E-state index is -1.04. The molecule has 0 aromatic heterocycles. The Morgan fingerprint density at radius 1 is 0.941 bits per heavy atom. The van der Waals surface area contributed by atoms with E-state index in [0.29, 0.717) is 5.92 Å². The second-order valence-corrected chi connectivity index (χ2v) is 12.6. The molecule has 1 heterocycles. The third-order valence-electron chi connectivity index (χ3n) is 6.53. The fourth-order valence-electron chi connectivity index (χ4n) is 3.40. The molecule has 2 aliphatic carbocycles. The molecular formula is C24H30B2BrCl2IO4. The number of hydrogen-bond acceptors (Lipinski definition) is 4. The van der Waals surface area contributed by atoms with Crippen LogP contribution in [0.4, 0.5) is 0 Å². The van der Waals surface area contributed by atoms with Crippen LogP contribution in [0.2, 0.25) is 15.9 Å². The zero-order chi connectivity index (χ0) is 25.3. The van der Waals surface area contributed by atoms with E-state index in [1.165, 1.54) is 18.4 Å². The van der Waals surface area contributed by atoms with Gasteiger partial charge in [0.15, 0.2) is 0 Å². The highest BCUT2D eigenvalue weighted by Crippen LogP contribution is 2.44. The molecule has 1 saturated heterocycles. The third kappa shape index (κ3) is 7.37. The Hall–Kier alpha value is 0.200. The van der Waals surface area contributed by atoms with Crippen molar-refractivity contribution in [3.63, 3.8) is 0 Å². The Kier molecular flexibility index (Phi) is 9.91. The molecule has 3 aliphatic rings. The fourth-order valence-corrected chi connectivity index (χ4v) is 4.75. The molecule has 3 fully saturated rings. The van der Waals surface area contributed by atoms with Gasteiger partial charge in [-0.2, -0.15) is 0 Å². The largest absolute Gasteiger partial charge is 0.495 e. The Balaban J connectivity index is 0.000000178. The van der Waals surface area contributed by atoms with Crippen LogP contribution in [-0.2, 0) is 9.31 Å². The van der Waals surface area contributed by atoms with Gasteiger partial charge in [0, 0.05) is 13.1 Å². The van der Waals surface area contributed by atoms with Gasteiger partial charge in [0.1, 0.15) is 0 Å². The highest BCUT2D eigenvalue weighted by atomic mass is 127. The number of benzene rings is 2. The van der Waals surface area contributed by atoms with E-state index in [9.17, 15) is 0 Å². The van der Waals surface area contributed by atoms with Crippen molar-refractivity contribution in [3.8, 4) is 0 Å². The Morgan fingerprint density at radius 3 is 1.88 bits per heavy atom. The maximum absolute atomic E-state index is 8.25. The molecule has 1 aliphatic heterocycles. The molecule has 2 aromatic carbocycles. The van der Waals surface area contributed by atoms with Crippen molar-refractivity contribution in [3.05, 3.63) is 60.0 Å². The van der Waals surface area contributed by atoms with E-state index in [4.69, 9.17) is 42.6 Å². The van der Waals surface area contributed by atoms with Gasteiger partial charge in [-0.25, -0.2) is 0 Å². The lowest BCUT2D eigenvalue weighted by molar-refractivity contribution is 0.00578. The molecule has 4 nitrogen and oxygen atoms in total. The monoisotopic (exact) mass is 680 g/mol. The molecule has 0 amide bonds. The molecule has 0 radical (unpaired) electrons. The van der Waals surface area contributed by atoms with Gasteiger partial charge < -0.3 is 19.4 Å². The van der Waals surface area contributed by atoms with Gasteiger partial charge in [0.25, 0.3) is 0 Å². The van der Waals surface area contributed by atoms with E-state index in [1.54, 1.807) is 0 Å². The Morgan fingerprint density at radius 2 is 1.47 bits per heavy atom. The molecule has 34 heavy (non-hydrogen) atoms. The minimum Gasteiger partial charge on any atom is -0.427 e. The molecular weight excluding hydrogens is 652 g/mol. The summed E-state index contributed by atoms with van der Waals surface area (Å²) in [7, 11) is -1.34. The minimum absolute atomic E-state index is 0.213. The lowest BCUT2D eigenvalue weighted by Crippen LogP contribution is -2.41. The predicted octanol–water partition coefficient (Wildman–Crippen LogP) is 6.85. The summed E-state index contributed by atoms with van der Waals surface area (Å²) >= 11 is 17.7. The van der Waals surface area contributed by atoms with Gasteiger partial charge in [-0.05, 0) is 120 Å². The van der Waals surface area contributed by atoms with E-state index in [0.717, 1.165) is 36.4 Å². The molecule has 2 saturated carbocycles. The summed E-state index contributed by atoms with van der Waals surface area (Å²) in [6.45, 7) is 8.31. The van der Waals surface area contributed by atoms with Crippen molar-refractivity contribution < 1.29 is 19.4 Å². The van der Waals surface area contributed by atoms with E-state index in [1.807, 2.05) is 30.3 Å². The molecule has 2 aromatic rings. The molecule has 10 heteroatoms. The average molecular weight is 682 g/mol. The van der Waals surface area contributed by atoms with Crippen LogP contribution in [0.5, 0.6) is 0 Å². The maximum Gasteiger partial charge on any atom is 0.495 e. The summed E-state index contributed by atoms with van der Waals surface area (Å²) in [4.78, 5) is 0. The summed E-state index contributed by atoms with van der Waals surface area (Å²) in [6, 6.07) is 11.8. The predicted molar refractivity (Wildman–Crippen MR) is 154 cm³/mol. The molecule has 0 atom stereocenters. The molecule has 0 bridgehead atoms. The highest BCUT2D eigenvalue weighted by molar-refractivity contribution is 14.1. The van der Waals surface area contributed by atoms with E-state index in [-0.39, 0.29) is 24.1 Å². The van der Waals surface area contributed by atoms with Gasteiger partial charge in [0.2, 0.25) is 0 Å². The van der Waals surface area contributed by atoms with Gasteiger partial charge in [-0.15, -0.1) is 0 Å². The van der Waals surface area contributed by atoms with Crippen LogP contribution in [0, 0.1) is 3.57 Å². The summed E-state index contributed by atoms with van der Waals surface area (Å²) in [5, 5.41) is 18.1. The lowest BCUT2D eigenvalue weighted by atomic mass is 9.75. The Bertz CT molecular complexity index is 965. The second kappa shape index (κ2) is 11.7. The van der Waals surface area contributed by atoms with Crippen molar-refractivity contribution in [2.75, 3.05) is 0 Å². The number of halogens is 4. The van der Waals surface area contributed by atoms with Crippen LogP contribution in [0.3, 0.4) is 0 Å². The molecule has 5 rings (SSSR count). The van der Waals surface area contributed by atoms with Gasteiger partial charge in [-0.3, -0.25) is 0 Å². The first-order valence-electron chi connectivity index (χ1n) is 11.4. The van der Waals surface area contributed by atoms with Crippen LogP contribution in [0.15, 0.2) is 40.9 Å². The van der Waals surface area contributed by atoms with E-state index < -0.39 is 7.12 Å². The normalized spacial score (nSPS) is 20.1. The average Bonchev–Trinajstić information content (AvgIpc) is 3.64. The van der Waals surface area contributed by atoms with Crippen molar-refractivity contribution in [2.45, 2.75) is 76.3 Å². The number of hydrogen-bond donors (Lipinski definition) is 2. The van der Waals surface area contributed by atoms with Crippen molar-refractivity contribution in [1.82, 2.24) is 0 Å². The van der Waals surface area contributed by atoms with Crippen LogP contribution in [-0.4, -0.2) is 35.5 Å². The zero-order valence-corrected chi connectivity index (χ0v) is 25.1. The van der Waals surface area contributed by atoms with Gasteiger partial charge >= 0.3 is 14.2 Å². The molecule has 184 valence electrons. The van der Waals surface area contributed by atoms with Crippen LogP contribution in [0.1, 0.15) is 64.9 Å². The highest BCUT2D eigenvalue weighted by Gasteiger charge is 2.52. The summed E-state index contributed by atoms with van der Waals surface area (Å²) in [5.41, 5.74) is 1.72. The van der Waals surface area contributed by atoms with E-state index >= 15 is 0 Å². The smallest absolute Gasteiger partial charge is 0.427 e. The summed E-state index contributed by atoms with van der Waals surface area (Å²) < 4.78 is 14.4. The van der Waals surface area contributed by atoms with E-state index in [2.05, 4.69) is 72.3 Å². The topological polar surface area (TPSA) is 58.9 Å². The van der Waals surface area contributed by atoms with Crippen LogP contribution in [0.25, 0.3) is 0 Å². The summed E-state index contributed by atoms with van der Waals surface area (Å²) in [6.07, 6.45) is 4.43. The molecule has 2 N–H and O–H groups in total. The standard InChI is InChI=1S/C15H20BClO2.C6H3BrClI.C3H7BO2/c1-14(2)15(3,4)19-16(18-14)11-6-5-7-12(17)13(11)10-8-9-10;7-4-2-1-3-5(8)6(4)9;5-4(6)3-1-2-3/h5-7,10H,8-9H2,1-4H3;1-3H;3,5-6H,1-2H2. The number of rotatable bonds is 3. The quantitative estimate of drug-likeness (QED) is 0.212. The van der Waals surface area contributed by atoms with Crippen LogP contribution >= 0.6 is 61.7 Å². The second-order valence-electron chi connectivity index (χ2n) is 9.89. The SMILES string of the molecule is CC1(C)OB(c2cccc(Cl)c2C2CC2)OC1(C)C.Clc1cccc(Br)c1I.OB(O)C1CC1. The maximum atomic E-state index is 8.25. The molecule has 0 spiro atoms. The first kappa shape index (κ1) is 28.8. The first-order valence-corrected chi connectivity index (χ1v) is 14.1. The van der Waals surface area contributed by atoms with Crippen molar-refractivity contribution in [2.24, 2.45) is 0 Å².